The van der Waals surface area contributed by atoms with Gasteiger partial charge in [0, 0.05) is 43.0 Å². The first-order chi connectivity index (χ1) is 12.9. The van der Waals surface area contributed by atoms with Crippen LogP contribution in [0, 0.1) is 5.41 Å². The Morgan fingerprint density at radius 3 is 2.85 bits per heavy atom. The van der Waals surface area contributed by atoms with Gasteiger partial charge in [0.15, 0.2) is 5.76 Å². The van der Waals surface area contributed by atoms with Crippen LogP contribution in [-0.4, -0.2) is 36.0 Å². The quantitative estimate of drug-likeness (QED) is 0.903. The molecule has 2 aliphatic rings. The molecule has 0 spiro atoms. The molecule has 2 aromatic rings. The highest BCUT2D eigenvalue weighted by atomic mass is 16.3. The number of carbonyl (C=O) groups is 1. The van der Waals surface area contributed by atoms with E-state index in [0.717, 1.165) is 18.4 Å². The van der Waals surface area contributed by atoms with Crippen molar-refractivity contribution < 1.29 is 9.21 Å². The van der Waals surface area contributed by atoms with E-state index in [1.54, 1.807) is 6.26 Å². The van der Waals surface area contributed by atoms with Gasteiger partial charge in [-0.3, -0.25) is 4.79 Å². The molecule has 27 heavy (non-hydrogen) atoms. The minimum absolute atomic E-state index is 0.0184. The molecule has 3 heterocycles. The van der Waals surface area contributed by atoms with Crippen LogP contribution in [0.15, 0.2) is 41.0 Å². The fourth-order valence-corrected chi connectivity index (χ4v) is 4.39. The monoisotopic (exact) mass is 367 g/mol. The topological polar surface area (TPSA) is 62.7 Å². The Kier molecular flexibility index (Phi) is 4.50. The maximum atomic E-state index is 13.1. The molecule has 144 valence electrons. The van der Waals surface area contributed by atoms with Gasteiger partial charge in [-0.25, -0.2) is 0 Å². The van der Waals surface area contributed by atoms with Crippen molar-refractivity contribution in [2.45, 2.75) is 52.2 Å². The number of hydrogen-bond donors (Lipinski definition) is 1. The van der Waals surface area contributed by atoms with Crippen molar-refractivity contribution in [1.29, 1.82) is 0 Å². The molecule has 2 unspecified atom stereocenters. The summed E-state index contributed by atoms with van der Waals surface area (Å²) in [6, 6.07) is 11.0. The highest BCUT2D eigenvalue weighted by molar-refractivity contribution is 5.93. The first-order valence-corrected chi connectivity index (χ1v) is 9.82. The van der Waals surface area contributed by atoms with E-state index in [4.69, 9.17) is 10.2 Å². The van der Waals surface area contributed by atoms with Crippen molar-refractivity contribution in [2.24, 2.45) is 11.1 Å². The van der Waals surface area contributed by atoms with E-state index >= 15 is 0 Å². The summed E-state index contributed by atoms with van der Waals surface area (Å²) in [7, 11) is 0. The predicted molar refractivity (Wildman–Crippen MR) is 107 cm³/mol. The Bertz CT molecular complexity index is 842. The summed E-state index contributed by atoms with van der Waals surface area (Å²) >= 11 is 0. The summed E-state index contributed by atoms with van der Waals surface area (Å²) in [6.07, 6.45) is 3.50. The van der Waals surface area contributed by atoms with Crippen LogP contribution >= 0.6 is 0 Å². The second kappa shape index (κ2) is 6.71. The summed E-state index contributed by atoms with van der Waals surface area (Å²) in [6.45, 7) is 8.53. The highest BCUT2D eigenvalue weighted by Crippen LogP contribution is 2.34. The van der Waals surface area contributed by atoms with Crippen molar-refractivity contribution in [3.05, 3.63) is 53.5 Å². The Morgan fingerprint density at radius 2 is 2.07 bits per heavy atom. The van der Waals surface area contributed by atoms with E-state index in [0.29, 0.717) is 31.4 Å². The van der Waals surface area contributed by atoms with Gasteiger partial charge in [0.25, 0.3) is 5.91 Å². The van der Waals surface area contributed by atoms with Crippen LogP contribution in [0.4, 0.5) is 5.69 Å². The molecule has 1 fully saturated rings. The zero-order chi connectivity index (χ0) is 19.2. The van der Waals surface area contributed by atoms with E-state index in [1.165, 1.54) is 11.3 Å². The fraction of sp³-hybridized carbons (Fsp3) is 0.500. The molecule has 0 aliphatic carbocycles. The number of anilines is 1. The summed E-state index contributed by atoms with van der Waals surface area (Å²) in [5.41, 5.74) is 9.73. The standard InChI is InChI=1S/C22H29N3O2/c1-15-12-16-6-4-5-7-18(16)25(15)13-17-9-11-27-20(17)21(26)24-10-8-19(23)22(2,3)14-24/h4-7,9,11,15,19H,8,10,12-14,23H2,1-3H3. The Labute approximate surface area is 161 Å². The van der Waals surface area contributed by atoms with Crippen LogP contribution in [0.3, 0.4) is 0 Å². The number of carbonyl (C=O) groups excluding carboxylic acids is 1. The number of fused-ring (bicyclic) bond motifs is 1. The number of furan rings is 1. The summed E-state index contributed by atoms with van der Waals surface area (Å²) in [5, 5.41) is 0. The van der Waals surface area contributed by atoms with Gasteiger partial charge in [0.1, 0.15) is 0 Å². The van der Waals surface area contributed by atoms with Gasteiger partial charge in [0.2, 0.25) is 0 Å². The van der Waals surface area contributed by atoms with E-state index in [9.17, 15) is 4.79 Å². The van der Waals surface area contributed by atoms with E-state index in [1.807, 2.05) is 11.0 Å². The SMILES string of the molecule is CC1Cc2ccccc2N1Cc1ccoc1C(=O)N1CCC(N)C(C)(C)C1. The van der Waals surface area contributed by atoms with Crippen molar-refractivity contribution in [1.82, 2.24) is 4.90 Å². The number of rotatable bonds is 3. The molecule has 1 aromatic heterocycles. The largest absolute Gasteiger partial charge is 0.459 e. The number of piperidine rings is 1. The third-order valence-corrected chi connectivity index (χ3v) is 6.23. The molecule has 1 amide bonds. The van der Waals surface area contributed by atoms with Crippen LogP contribution in [0.1, 0.15) is 48.9 Å². The fourth-order valence-electron chi connectivity index (χ4n) is 4.39. The average molecular weight is 367 g/mol. The molecular weight excluding hydrogens is 338 g/mol. The van der Waals surface area contributed by atoms with Crippen LogP contribution in [0.25, 0.3) is 0 Å². The molecular formula is C22H29N3O2. The lowest BCUT2D eigenvalue weighted by Gasteiger charge is -2.42. The molecule has 0 bridgehead atoms. The van der Waals surface area contributed by atoms with Crippen molar-refractivity contribution in [3.63, 3.8) is 0 Å². The van der Waals surface area contributed by atoms with Gasteiger partial charge in [0.05, 0.1) is 6.26 Å². The van der Waals surface area contributed by atoms with Crippen molar-refractivity contribution in [2.75, 3.05) is 18.0 Å². The zero-order valence-electron chi connectivity index (χ0n) is 16.4. The summed E-state index contributed by atoms with van der Waals surface area (Å²) in [4.78, 5) is 17.4. The maximum absolute atomic E-state index is 13.1. The Morgan fingerprint density at radius 1 is 1.30 bits per heavy atom. The molecule has 2 N–H and O–H groups in total. The smallest absolute Gasteiger partial charge is 0.289 e. The van der Waals surface area contributed by atoms with E-state index in [2.05, 4.69) is 49.9 Å². The second-order valence-electron chi connectivity index (χ2n) is 8.70. The van der Waals surface area contributed by atoms with Gasteiger partial charge in [-0.2, -0.15) is 0 Å². The molecule has 1 aromatic carbocycles. The molecule has 4 rings (SSSR count). The maximum Gasteiger partial charge on any atom is 0.289 e. The lowest BCUT2D eigenvalue weighted by atomic mass is 9.79. The molecule has 2 aliphatic heterocycles. The molecule has 1 saturated heterocycles. The van der Waals surface area contributed by atoms with E-state index < -0.39 is 0 Å². The van der Waals surface area contributed by atoms with Crippen molar-refractivity contribution >= 4 is 11.6 Å². The molecule has 5 heteroatoms. The van der Waals surface area contributed by atoms with Crippen LogP contribution in [0.5, 0.6) is 0 Å². The van der Waals surface area contributed by atoms with Gasteiger partial charge in [-0.15, -0.1) is 0 Å². The molecule has 0 saturated carbocycles. The Balaban J connectivity index is 1.54. The first kappa shape index (κ1) is 18.1. The normalized spacial score (nSPS) is 24.1. The Hall–Kier alpha value is -2.27. The number of likely N-dealkylation sites (tertiary alicyclic amines) is 1. The van der Waals surface area contributed by atoms with Crippen LogP contribution < -0.4 is 10.6 Å². The second-order valence-corrected chi connectivity index (χ2v) is 8.70. The molecule has 0 radical (unpaired) electrons. The lowest BCUT2D eigenvalue weighted by molar-refractivity contribution is 0.0502. The summed E-state index contributed by atoms with van der Waals surface area (Å²) in [5.74, 6) is 0.452. The number of nitrogens with zero attached hydrogens (tertiary/aromatic N) is 2. The van der Waals surface area contributed by atoms with Gasteiger partial charge in [-0.1, -0.05) is 32.0 Å². The number of hydrogen-bond acceptors (Lipinski definition) is 4. The number of para-hydroxylation sites is 1. The average Bonchev–Trinajstić information content (AvgIpc) is 3.22. The number of amides is 1. The molecule has 2 atom stereocenters. The zero-order valence-corrected chi connectivity index (χ0v) is 16.4. The highest BCUT2D eigenvalue weighted by Gasteiger charge is 2.37. The first-order valence-electron chi connectivity index (χ1n) is 9.82. The third-order valence-electron chi connectivity index (χ3n) is 6.23. The third kappa shape index (κ3) is 3.25. The molecule has 5 nitrogen and oxygen atoms in total. The predicted octanol–water partition coefficient (Wildman–Crippen LogP) is 3.43. The number of nitrogens with two attached hydrogens (primary N) is 1. The van der Waals surface area contributed by atoms with Crippen LogP contribution in [-0.2, 0) is 13.0 Å². The van der Waals surface area contributed by atoms with Gasteiger partial charge < -0.3 is 20.0 Å². The van der Waals surface area contributed by atoms with Gasteiger partial charge in [-0.05, 0) is 42.9 Å². The van der Waals surface area contributed by atoms with Crippen molar-refractivity contribution in [3.8, 4) is 0 Å². The number of benzene rings is 1. The van der Waals surface area contributed by atoms with Crippen LogP contribution in [0.2, 0.25) is 0 Å². The van der Waals surface area contributed by atoms with Gasteiger partial charge >= 0.3 is 0 Å². The summed E-state index contributed by atoms with van der Waals surface area (Å²) < 4.78 is 5.66. The minimum atomic E-state index is -0.0803. The lowest BCUT2D eigenvalue weighted by Crippen LogP contribution is -2.54. The minimum Gasteiger partial charge on any atom is -0.459 e. The van der Waals surface area contributed by atoms with E-state index in [-0.39, 0.29) is 17.4 Å².